The minimum Gasteiger partial charge on any atom is -0.362 e. The summed E-state index contributed by atoms with van der Waals surface area (Å²) in [5.74, 6) is 0. The molecule has 1 heterocycles. The van der Waals surface area contributed by atoms with Gasteiger partial charge in [-0.3, -0.25) is 0 Å². The van der Waals surface area contributed by atoms with Gasteiger partial charge in [-0.25, -0.2) is 0 Å². The molecule has 0 aliphatic carbocycles. The van der Waals surface area contributed by atoms with Crippen LogP contribution in [0.2, 0.25) is 0 Å². The van der Waals surface area contributed by atoms with Crippen molar-refractivity contribution in [2.24, 2.45) is 5.41 Å². The van der Waals surface area contributed by atoms with E-state index in [0.717, 1.165) is 0 Å². The van der Waals surface area contributed by atoms with Crippen LogP contribution in [0.15, 0.2) is 11.9 Å². The molecule has 1 aliphatic rings. The second-order valence-corrected chi connectivity index (χ2v) is 4.04. The van der Waals surface area contributed by atoms with E-state index in [-0.39, 0.29) is 10.9 Å². The molecule has 58 valence electrons. The van der Waals surface area contributed by atoms with Gasteiger partial charge in [0.05, 0.1) is 0 Å². The highest BCUT2D eigenvalue weighted by Gasteiger charge is 2.22. The van der Waals surface area contributed by atoms with Crippen molar-refractivity contribution in [3.63, 3.8) is 0 Å². The van der Waals surface area contributed by atoms with Crippen LogP contribution in [0.5, 0.6) is 0 Å². The predicted molar refractivity (Wildman–Crippen MR) is 46.6 cm³/mol. The highest BCUT2D eigenvalue weighted by molar-refractivity contribution is 7.80. The first-order valence-corrected chi connectivity index (χ1v) is 3.93. The van der Waals surface area contributed by atoms with Crippen molar-refractivity contribution < 1.29 is 0 Å². The molecule has 0 bridgehead atoms. The second kappa shape index (κ2) is 2.38. The lowest BCUT2D eigenvalue weighted by Gasteiger charge is -2.20. The van der Waals surface area contributed by atoms with E-state index < -0.39 is 0 Å². The van der Waals surface area contributed by atoms with E-state index in [1.165, 1.54) is 5.70 Å². The zero-order chi connectivity index (χ0) is 7.78. The normalized spacial score (nSPS) is 25.2. The number of hydrogen-bond acceptors (Lipinski definition) is 3. The summed E-state index contributed by atoms with van der Waals surface area (Å²) in [5, 5.41) is 6.28. The van der Waals surface area contributed by atoms with Crippen LogP contribution in [0.1, 0.15) is 20.8 Å². The Morgan fingerprint density at radius 2 is 2.10 bits per heavy atom. The fourth-order valence-electron chi connectivity index (χ4n) is 0.826. The first-order chi connectivity index (χ1) is 4.50. The smallest absolute Gasteiger partial charge is 0.142 e. The average molecular weight is 158 g/mol. The molecule has 3 heteroatoms. The maximum atomic E-state index is 4.21. The fourth-order valence-corrected chi connectivity index (χ4v) is 1.04. The van der Waals surface area contributed by atoms with Crippen molar-refractivity contribution in [3.8, 4) is 0 Å². The monoisotopic (exact) mass is 158 g/mol. The molecule has 0 spiro atoms. The van der Waals surface area contributed by atoms with Crippen LogP contribution in [-0.2, 0) is 0 Å². The van der Waals surface area contributed by atoms with Crippen molar-refractivity contribution >= 4 is 12.6 Å². The molecule has 0 saturated heterocycles. The Morgan fingerprint density at radius 3 is 2.30 bits per heavy atom. The number of nitrogens with one attached hydrogen (secondary N) is 2. The van der Waals surface area contributed by atoms with E-state index in [9.17, 15) is 0 Å². The first kappa shape index (κ1) is 7.79. The van der Waals surface area contributed by atoms with Gasteiger partial charge < -0.3 is 10.6 Å². The third-order valence-corrected chi connectivity index (χ3v) is 1.76. The molecule has 0 radical (unpaired) electrons. The molecular weight excluding hydrogens is 144 g/mol. The topological polar surface area (TPSA) is 24.1 Å². The second-order valence-electron chi connectivity index (χ2n) is 3.52. The molecule has 2 N–H and O–H groups in total. The minimum atomic E-state index is 0.0919. The van der Waals surface area contributed by atoms with Crippen LogP contribution in [0.3, 0.4) is 0 Å². The zero-order valence-electron chi connectivity index (χ0n) is 6.60. The van der Waals surface area contributed by atoms with Crippen molar-refractivity contribution in [1.82, 2.24) is 10.6 Å². The van der Waals surface area contributed by atoms with E-state index in [0.29, 0.717) is 0 Å². The Balaban J connectivity index is 2.60. The Hall–Kier alpha value is -0.310. The summed E-state index contributed by atoms with van der Waals surface area (Å²) in [7, 11) is 0. The first-order valence-electron chi connectivity index (χ1n) is 3.41. The maximum Gasteiger partial charge on any atom is 0.142 e. The van der Waals surface area contributed by atoms with E-state index in [1.807, 2.05) is 6.20 Å². The fraction of sp³-hybridized carbons (Fsp3) is 0.714. The van der Waals surface area contributed by atoms with Gasteiger partial charge in [0.2, 0.25) is 0 Å². The highest BCUT2D eigenvalue weighted by Crippen LogP contribution is 2.24. The van der Waals surface area contributed by atoms with Crippen molar-refractivity contribution in [2.45, 2.75) is 26.3 Å². The Labute approximate surface area is 67.5 Å². The largest absolute Gasteiger partial charge is 0.362 e. The molecular formula is C7H14N2S. The van der Waals surface area contributed by atoms with Crippen LogP contribution >= 0.6 is 12.6 Å². The summed E-state index contributed by atoms with van der Waals surface area (Å²) in [4.78, 5) is 0. The van der Waals surface area contributed by atoms with Gasteiger partial charge in [-0.1, -0.05) is 20.8 Å². The summed E-state index contributed by atoms with van der Waals surface area (Å²) < 4.78 is 0. The minimum absolute atomic E-state index is 0.0919. The van der Waals surface area contributed by atoms with Gasteiger partial charge in [-0.15, -0.1) is 12.6 Å². The molecule has 1 rings (SSSR count). The molecule has 10 heavy (non-hydrogen) atoms. The van der Waals surface area contributed by atoms with Crippen molar-refractivity contribution in [1.29, 1.82) is 0 Å². The molecule has 0 aromatic carbocycles. The van der Waals surface area contributed by atoms with Crippen LogP contribution < -0.4 is 10.6 Å². The lowest BCUT2D eigenvalue weighted by molar-refractivity contribution is 0.469. The molecule has 2 nitrogen and oxygen atoms in total. The molecule has 0 aromatic rings. The molecule has 0 saturated carbocycles. The molecule has 0 fully saturated rings. The van der Waals surface area contributed by atoms with Crippen LogP contribution in [0, 0.1) is 5.41 Å². The molecule has 1 unspecified atom stereocenters. The average Bonchev–Trinajstić information content (AvgIpc) is 2.11. The van der Waals surface area contributed by atoms with Crippen LogP contribution in [0.4, 0.5) is 0 Å². The summed E-state index contributed by atoms with van der Waals surface area (Å²) in [6, 6.07) is 0. The van der Waals surface area contributed by atoms with Gasteiger partial charge in [0, 0.05) is 17.3 Å². The molecule has 0 aromatic heterocycles. The van der Waals surface area contributed by atoms with Gasteiger partial charge >= 0.3 is 0 Å². The van der Waals surface area contributed by atoms with E-state index >= 15 is 0 Å². The van der Waals surface area contributed by atoms with Gasteiger partial charge in [0.15, 0.2) is 0 Å². The molecule has 1 aliphatic heterocycles. The quantitative estimate of drug-likeness (QED) is 0.463. The van der Waals surface area contributed by atoms with E-state index in [2.05, 4.69) is 44.0 Å². The Bertz CT molecular complexity index is 157. The highest BCUT2D eigenvalue weighted by atomic mass is 32.1. The van der Waals surface area contributed by atoms with Crippen LogP contribution in [-0.4, -0.2) is 5.50 Å². The third kappa shape index (κ3) is 1.59. The predicted octanol–water partition coefficient (Wildman–Crippen LogP) is 1.28. The lowest BCUT2D eigenvalue weighted by Crippen LogP contribution is -2.29. The van der Waals surface area contributed by atoms with Crippen LogP contribution in [0.25, 0.3) is 0 Å². The summed E-state index contributed by atoms with van der Waals surface area (Å²) >= 11 is 4.21. The number of thiol groups is 1. The number of rotatable bonds is 0. The lowest BCUT2D eigenvalue weighted by atomic mass is 9.93. The molecule has 1 atom stereocenters. The van der Waals surface area contributed by atoms with E-state index in [4.69, 9.17) is 0 Å². The Morgan fingerprint density at radius 1 is 1.50 bits per heavy atom. The summed E-state index contributed by atoms with van der Waals surface area (Å²) in [5.41, 5.74) is 1.51. The van der Waals surface area contributed by atoms with Gasteiger partial charge in [-0.2, -0.15) is 0 Å². The number of hydrogen-bond donors (Lipinski definition) is 3. The summed E-state index contributed by atoms with van der Waals surface area (Å²) in [6.45, 7) is 6.50. The zero-order valence-corrected chi connectivity index (χ0v) is 7.50. The number of allylic oxidation sites excluding steroid dienone is 1. The van der Waals surface area contributed by atoms with Gasteiger partial charge in [0.1, 0.15) is 5.50 Å². The summed E-state index contributed by atoms with van der Waals surface area (Å²) in [6.07, 6.45) is 1.98. The maximum absolute atomic E-state index is 4.21. The van der Waals surface area contributed by atoms with Crippen molar-refractivity contribution in [3.05, 3.63) is 11.9 Å². The van der Waals surface area contributed by atoms with E-state index in [1.54, 1.807) is 0 Å². The Kier molecular flexibility index (Phi) is 1.86. The van der Waals surface area contributed by atoms with Crippen molar-refractivity contribution in [2.75, 3.05) is 0 Å². The third-order valence-electron chi connectivity index (χ3n) is 1.49. The SMILES string of the molecule is CC(C)(C)C1=CNC(S)N1. The van der Waals surface area contributed by atoms with Gasteiger partial charge in [-0.05, 0) is 0 Å². The molecule has 0 amide bonds. The van der Waals surface area contributed by atoms with Gasteiger partial charge in [0.25, 0.3) is 0 Å². The standard InChI is InChI=1S/C7H14N2S/c1-7(2,3)5-4-8-6(10)9-5/h4,6,8-10H,1-3H3.